The van der Waals surface area contributed by atoms with E-state index in [2.05, 4.69) is 28.7 Å². The highest BCUT2D eigenvalue weighted by Crippen LogP contribution is 2.32. The number of fused-ring (bicyclic) bond motifs is 1. The Hall–Kier alpha value is -3.18. The summed E-state index contributed by atoms with van der Waals surface area (Å²) in [5.74, 6) is -0.147. The molecule has 0 aliphatic carbocycles. The summed E-state index contributed by atoms with van der Waals surface area (Å²) in [6.07, 6.45) is 0. The highest BCUT2D eigenvalue weighted by Gasteiger charge is 2.14. The second-order valence-electron chi connectivity index (χ2n) is 5.63. The van der Waals surface area contributed by atoms with Crippen LogP contribution in [0.25, 0.3) is 38.2 Å². The molecule has 122 valence electrons. The van der Waals surface area contributed by atoms with Gasteiger partial charge in [0.15, 0.2) is 11.6 Å². The minimum absolute atomic E-state index is 0.102. The molecular formula is C20H14N2O2S. The summed E-state index contributed by atoms with van der Waals surface area (Å²) in [5.41, 5.74) is 3.78. The number of aliphatic hydroxyl groups excluding tert-OH is 1. The average molecular weight is 346 g/mol. The van der Waals surface area contributed by atoms with Gasteiger partial charge < -0.3 is 10.1 Å². The van der Waals surface area contributed by atoms with Crippen molar-refractivity contribution in [3.8, 4) is 22.3 Å². The minimum Gasteiger partial charge on any atom is -0.505 e. The maximum absolute atomic E-state index is 12.4. The summed E-state index contributed by atoms with van der Waals surface area (Å²) < 4.78 is 0. The van der Waals surface area contributed by atoms with E-state index in [4.69, 9.17) is 0 Å². The second-order valence-corrected chi connectivity index (χ2v) is 6.49. The zero-order valence-corrected chi connectivity index (χ0v) is 14.0. The van der Waals surface area contributed by atoms with Gasteiger partial charge in [0.05, 0.1) is 5.39 Å². The standard InChI is InChI=1S/C20H14N2O2S/c1-12(23)18-21-19(24)17-16(11-25-20(17)22-18)15-9-7-14(8-10-15)13-5-3-2-4-6-13/h2-11,23H,1H2,(H,21,22,24). The summed E-state index contributed by atoms with van der Waals surface area (Å²) in [6, 6.07) is 18.2. The average Bonchev–Trinajstić information content (AvgIpc) is 3.07. The van der Waals surface area contributed by atoms with Gasteiger partial charge in [-0.3, -0.25) is 4.79 Å². The molecule has 4 rings (SSSR count). The van der Waals surface area contributed by atoms with Gasteiger partial charge in [-0.1, -0.05) is 61.2 Å². The molecule has 0 saturated heterocycles. The van der Waals surface area contributed by atoms with Crippen LogP contribution in [0.15, 0.2) is 71.4 Å². The first-order valence-corrected chi connectivity index (χ1v) is 8.57. The van der Waals surface area contributed by atoms with E-state index in [1.807, 2.05) is 47.8 Å². The molecule has 0 unspecified atom stereocenters. The first-order chi connectivity index (χ1) is 12.1. The summed E-state index contributed by atoms with van der Waals surface area (Å²) in [4.78, 5) is 19.8. The lowest BCUT2D eigenvalue weighted by atomic mass is 10.0. The van der Waals surface area contributed by atoms with Crippen LogP contribution >= 0.6 is 11.3 Å². The number of aromatic nitrogens is 2. The molecule has 2 aromatic carbocycles. The lowest BCUT2D eigenvalue weighted by molar-refractivity contribution is 0.507. The number of benzene rings is 2. The van der Waals surface area contributed by atoms with E-state index in [-0.39, 0.29) is 17.1 Å². The molecule has 2 aromatic heterocycles. The Morgan fingerprint density at radius 2 is 1.64 bits per heavy atom. The van der Waals surface area contributed by atoms with Gasteiger partial charge in [0.1, 0.15) is 4.83 Å². The smallest absolute Gasteiger partial charge is 0.260 e. The highest BCUT2D eigenvalue weighted by molar-refractivity contribution is 7.17. The van der Waals surface area contributed by atoms with Crippen LogP contribution in [0.2, 0.25) is 0 Å². The van der Waals surface area contributed by atoms with Crippen LogP contribution in [0.1, 0.15) is 5.82 Å². The summed E-state index contributed by atoms with van der Waals surface area (Å²) in [5, 5.41) is 11.9. The van der Waals surface area contributed by atoms with Crippen molar-refractivity contribution in [1.29, 1.82) is 0 Å². The Kier molecular flexibility index (Phi) is 3.71. The highest BCUT2D eigenvalue weighted by atomic mass is 32.1. The normalized spacial score (nSPS) is 10.9. The third-order valence-corrected chi connectivity index (χ3v) is 4.89. The predicted molar refractivity (Wildman–Crippen MR) is 103 cm³/mol. The number of rotatable bonds is 3. The van der Waals surface area contributed by atoms with E-state index < -0.39 is 0 Å². The quantitative estimate of drug-likeness (QED) is 0.521. The third kappa shape index (κ3) is 2.75. The minimum atomic E-state index is -0.279. The SMILES string of the molecule is C=C(O)c1nc2scc(-c3ccc(-c4ccccc4)cc3)c2c(=O)[nH]1. The Morgan fingerprint density at radius 1 is 1.00 bits per heavy atom. The van der Waals surface area contributed by atoms with Gasteiger partial charge in [-0.05, 0) is 16.7 Å². The van der Waals surface area contributed by atoms with Crippen molar-refractivity contribution in [2.24, 2.45) is 0 Å². The Balaban J connectivity index is 1.80. The van der Waals surface area contributed by atoms with E-state index in [9.17, 15) is 9.90 Å². The Morgan fingerprint density at radius 3 is 2.32 bits per heavy atom. The summed E-state index contributed by atoms with van der Waals surface area (Å²) in [7, 11) is 0. The zero-order chi connectivity index (χ0) is 17.4. The van der Waals surface area contributed by atoms with Gasteiger partial charge in [0.2, 0.25) is 0 Å². The van der Waals surface area contributed by atoms with Crippen molar-refractivity contribution in [3.63, 3.8) is 0 Å². The number of H-pyrrole nitrogens is 1. The first kappa shape index (κ1) is 15.4. The maximum atomic E-state index is 12.4. The molecule has 0 aliphatic heterocycles. The van der Waals surface area contributed by atoms with Crippen molar-refractivity contribution in [2.75, 3.05) is 0 Å². The monoisotopic (exact) mass is 346 g/mol. The molecule has 4 aromatic rings. The van der Waals surface area contributed by atoms with Crippen molar-refractivity contribution >= 4 is 27.3 Å². The predicted octanol–water partition coefficient (Wildman–Crippen LogP) is 4.85. The number of thiophene rings is 1. The summed E-state index contributed by atoms with van der Waals surface area (Å²) in [6.45, 7) is 3.40. The maximum Gasteiger partial charge on any atom is 0.260 e. The number of aliphatic hydroxyl groups is 1. The van der Waals surface area contributed by atoms with Crippen molar-refractivity contribution in [3.05, 3.63) is 82.7 Å². The van der Waals surface area contributed by atoms with Crippen LogP contribution in [0.4, 0.5) is 0 Å². The van der Waals surface area contributed by atoms with Gasteiger partial charge in [0, 0.05) is 10.9 Å². The van der Waals surface area contributed by atoms with Crippen LogP contribution in [0, 0.1) is 0 Å². The van der Waals surface area contributed by atoms with Crippen LogP contribution < -0.4 is 5.56 Å². The number of nitrogens with one attached hydrogen (secondary N) is 1. The lowest BCUT2D eigenvalue weighted by Gasteiger charge is -2.04. The topological polar surface area (TPSA) is 66.0 Å². The van der Waals surface area contributed by atoms with E-state index in [0.29, 0.717) is 10.2 Å². The molecule has 0 spiro atoms. The molecule has 0 fully saturated rings. The van der Waals surface area contributed by atoms with E-state index in [1.54, 1.807) is 0 Å². The molecular weight excluding hydrogens is 332 g/mol. The number of hydrogen-bond donors (Lipinski definition) is 2. The second kappa shape index (κ2) is 6.03. The van der Waals surface area contributed by atoms with Crippen molar-refractivity contribution < 1.29 is 5.11 Å². The van der Waals surface area contributed by atoms with Gasteiger partial charge in [-0.15, -0.1) is 11.3 Å². The van der Waals surface area contributed by atoms with E-state index >= 15 is 0 Å². The van der Waals surface area contributed by atoms with Gasteiger partial charge in [-0.2, -0.15) is 0 Å². The van der Waals surface area contributed by atoms with Crippen LogP contribution in [0.5, 0.6) is 0 Å². The molecule has 5 heteroatoms. The van der Waals surface area contributed by atoms with Crippen LogP contribution in [-0.2, 0) is 0 Å². The number of nitrogens with zero attached hydrogens (tertiary/aromatic N) is 1. The van der Waals surface area contributed by atoms with Gasteiger partial charge >= 0.3 is 0 Å². The Labute approximate surface area is 147 Å². The largest absolute Gasteiger partial charge is 0.505 e. The molecule has 2 N–H and O–H groups in total. The molecule has 0 saturated carbocycles. The molecule has 4 nitrogen and oxygen atoms in total. The molecule has 0 bridgehead atoms. The summed E-state index contributed by atoms with van der Waals surface area (Å²) >= 11 is 1.37. The number of hydrogen-bond acceptors (Lipinski definition) is 4. The zero-order valence-electron chi connectivity index (χ0n) is 13.2. The molecule has 2 heterocycles. The fraction of sp³-hybridized carbons (Fsp3) is 0. The molecule has 0 radical (unpaired) electrons. The van der Waals surface area contributed by atoms with E-state index in [0.717, 1.165) is 22.3 Å². The third-order valence-electron chi connectivity index (χ3n) is 4.02. The lowest BCUT2D eigenvalue weighted by Crippen LogP contribution is -2.10. The number of aromatic amines is 1. The van der Waals surface area contributed by atoms with Gasteiger partial charge in [-0.25, -0.2) is 4.98 Å². The van der Waals surface area contributed by atoms with Crippen molar-refractivity contribution in [2.45, 2.75) is 0 Å². The first-order valence-electron chi connectivity index (χ1n) is 7.69. The fourth-order valence-corrected chi connectivity index (χ4v) is 3.72. The van der Waals surface area contributed by atoms with Crippen LogP contribution in [0.3, 0.4) is 0 Å². The molecule has 0 amide bonds. The molecule has 25 heavy (non-hydrogen) atoms. The van der Waals surface area contributed by atoms with Crippen LogP contribution in [-0.4, -0.2) is 15.1 Å². The molecule has 0 atom stereocenters. The molecule has 0 aliphatic rings. The Bertz CT molecular complexity index is 1130. The van der Waals surface area contributed by atoms with Gasteiger partial charge in [0.25, 0.3) is 5.56 Å². The fourth-order valence-electron chi connectivity index (χ4n) is 2.77. The van der Waals surface area contributed by atoms with Crippen molar-refractivity contribution in [1.82, 2.24) is 9.97 Å². The van der Waals surface area contributed by atoms with E-state index in [1.165, 1.54) is 11.3 Å².